The van der Waals surface area contributed by atoms with Gasteiger partial charge in [-0.2, -0.15) is 0 Å². The third kappa shape index (κ3) is 5.16. The number of hydrogen-bond acceptors (Lipinski definition) is 4. The van der Waals surface area contributed by atoms with Crippen LogP contribution in [0.25, 0.3) is 0 Å². The molecule has 8 heteroatoms. The van der Waals surface area contributed by atoms with Crippen LogP contribution in [0.3, 0.4) is 0 Å². The number of piperidine rings is 1. The maximum atomic E-state index is 12.8. The van der Waals surface area contributed by atoms with Gasteiger partial charge < -0.3 is 14.4 Å². The van der Waals surface area contributed by atoms with Crippen LogP contribution in [0.1, 0.15) is 32.3 Å². The Morgan fingerprint density at radius 2 is 1.88 bits per heavy atom. The summed E-state index contributed by atoms with van der Waals surface area (Å²) in [6.45, 7) is 4.34. The SMILES string of the molecule is CCOC(=O)OC1C(C)CCCN1C(=O)Cc1c(Cl)cc(Cl)cc1Cl. The number of amides is 1. The molecule has 25 heavy (non-hydrogen) atoms. The number of ether oxygens (including phenoxy) is 2. The maximum Gasteiger partial charge on any atom is 0.510 e. The lowest BCUT2D eigenvalue weighted by atomic mass is 9.97. The molecule has 0 aliphatic carbocycles. The fraction of sp³-hybridized carbons (Fsp3) is 0.529. The van der Waals surface area contributed by atoms with Crippen LogP contribution in [0.15, 0.2) is 12.1 Å². The topological polar surface area (TPSA) is 55.8 Å². The summed E-state index contributed by atoms with van der Waals surface area (Å²) in [6, 6.07) is 3.09. The van der Waals surface area contributed by atoms with Gasteiger partial charge in [0.05, 0.1) is 13.0 Å². The first-order chi connectivity index (χ1) is 11.8. The quantitative estimate of drug-likeness (QED) is 0.662. The predicted molar refractivity (Wildman–Crippen MR) is 97.2 cm³/mol. The van der Waals surface area contributed by atoms with E-state index in [0.717, 1.165) is 12.8 Å². The number of halogens is 3. The molecule has 1 fully saturated rings. The second-order valence-electron chi connectivity index (χ2n) is 5.92. The van der Waals surface area contributed by atoms with Crippen molar-refractivity contribution >= 4 is 46.9 Å². The Morgan fingerprint density at radius 1 is 1.24 bits per heavy atom. The van der Waals surface area contributed by atoms with Crippen molar-refractivity contribution in [2.45, 2.75) is 39.3 Å². The van der Waals surface area contributed by atoms with Crippen molar-refractivity contribution in [1.82, 2.24) is 4.90 Å². The lowest BCUT2D eigenvalue weighted by Crippen LogP contribution is -2.50. The minimum Gasteiger partial charge on any atom is -0.435 e. The molecule has 1 heterocycles. The highest BCUT2D eigenvalue weighted by atomic mass is 35.5. The van der Waals surface area contributed by atoms with Crippen molar-refractivity contribution in [3.8, 4) is 0 Å². The number of benzene rings is 1. The van der Waals surface area contributed by atoms with Crippen molar-refractivity contribution in [3.63, 3.8) is 0 Å². The third-order valence-electron chi connectivity index (χ3n) is 4.09. The molecule has 2 unspecified atom stereocenters. The largest absolute Gasteiger partial charge is 0.510 e. The Hall–Kier alpha value is -1.17. The Bertz CT molecular complexity index is 630. The van der Waals surface area contributed by atoms with Gasteiger partial charge >= 0.3 is 6.16 Å². The summed E-state index contributed by atoms with van der Waals surface area (Å²) < 4.78 is 10.2. The molecular formula is C17H20Cl3NO4. The fourth-order valence-corrected chi connectivity index (χ4v) is 3.80. The van der Waals surface area contributed by atoms with Gasteiger partial charge in [-0.15, -0.1) is 0 Å². The van der Waals surface area contributed by atoms with Crippen molar-refractivity contribution < 1.29 is 19.1 Å². The number of likely N-dealkylation sites (tertiary alicyclic amines) is 1. The summed E-state index contributed by atoms with van der Waals surface area (Å²) in [4.78, 5) is 26.0. The van der Waals surface area contributed by atoms with Gasteiger partial charge in [-0.1, -0.05) is 41.7 Å². The van der Waals surface area contributed by atoms with Crippen LogP contribution in [-0.4, -0.2) is 36.3 Å². The summed E-state index contributed by atoms with van der Waals surface area (Å²) in [5.74, 6) is -0.203. The average Bonchev–Trinajstić information content (AvgIpc) is 2.52. The van der Waals surface area contributed by atoms with E-state index in [-0.39, 0.29) is 24.9 Å². The zero-order valence-electron chi connectivity index (χ0n) is 14.1. The molecule has 1 aromatic rings. The highest BCUT2D eigenvalue weighted by molar-refractivity contribution is 6.39. The molecule has 1 aromatic carbocycles. The first-order valence-electron chi connectivity index (χ1n) is 8.09. The van der Waals surface area contributed by atoms with E-state index in [4.69, 9.17) is 44.3 Å². The smallest absolute Gasteiger partial charge is 0.435 e. The van der Waals surface area contributed by atoms with Crippen LogP contribution in [0, 0.1) is 5.92 Å². The normalized spacial score (nSPS) is 20.3. The highest BCUT2D eigenvalue weighted by Crippen LogP contribution is 2.31. The Kier molecular flexibility index (Phi) is 7.23. The number of carbonyl (C=O) groups is 2. The van der Waals surface area contributed by atoms with Crippen molar-refractivity contribution in [1.29, 1.82) is 0 Å². The third-order valence-corrected chi connectivity index (χ3v) is 4.98. The summed E-state index contributed by atoms with van der Waals surface area (Å²) in [6.07, 6.45) is 0.254. The second kappa shape index (κ2) is 8.97. The molecule has 5 nitrogen and oxygen atoms in total. The molecule has 1 aliphatic heterocycles. The molecule has 0 N–H and O–H groups in total. The molecule has 0 aromatic heterocycles. The van der Waals surface area contributed by atoms with Crippen LogP contribution in [-0.2, 0) is 20.7 Å². The molecular weight excluding hydrogens is 389 g/mol. The van der Waals surface area contributed by atoms with Crippen molar-refractivity contribution in [3.05, 3.63) is 32.8 Å². The van der Waals surface area contributed by atoms with Gasteiger partial charge in [0.2, 0.25) is 5.91 Å². The van der Waals surface area contributed by atoms with E-state index in [9.17, 15) is 9.59 Å². The Labute approximate surface area is 162 Å². The van der Waals surface area contributed by atoms with Crippen molar-refractivity contribution in [2.24, 2.45) is 5.92 Å². The lowest BCUT2D eigenvalue weighted by Gasteiger charge is -2.38. The van der Waals surface area contributed by atoms with Gasteiger partial charge in [-0.3, -0.25) is 4.79 Å². The molecule has 2 rings (SSSR count). The fourth-order valence-electron chi connectivity index (χ4n) is 2.85. The number of hydrogen-bond donors (Lipinski definition) is 0. The van der Waals surface area contributed by atoms with Gasteiger partial charge in [-0.05, 0) is 37.5 Å². The zero-order valence-corrected chi connectivity index (χ0v) is 16.3. The van der Waals surface area contributed by atoms with Crippen molar-refractivity contribution in [2.75, 3.05) is 13.2 Å². The maximum absolute atomic E-state index is 12.8. The molecule has 0 bridgehead atoms. The van der Waals surface area contributed by atoms with E-state index in [1.807, 2.05) is 6.92 Å². The minimum atomic E-state index is -0.776. The lowest BCUT2D eigenvalue weighted by molar-refractivity contribution is -0.151. The predicted octanol–water partition coefficient (Wildman–Crippen LogP) is 4.95. The van der Waals surface area contributed by atoms with E-state index in [2.05, 4.69) is 0 Å². The Balaban J connectivity index is 2.16. The van der Waals surface area contributed by atoms with Gasteiger partial charge in [0.25, 0.3) is 0 Å². The zero-order chi connectivity index (χ0) is 18.6. The highest BCUT2D eigenvalue weighted by Gasteiger charge is 2.35. The molecule has 0 saturated carbocycles. The van der Waals surface area contributed by atoms with E-state index in [1.165, 1.54) is 0 Å². The van der Waals surface area contributed by atoms with E-state index in [1.54, 1.807) is 24.0 Å². The van der Waals surface area contributed by atoms with E-state index >= 15 is 0 Å². The van der Waals surface area contributed by atoms with Gasteiger partial charge in [0.15, 0.2) is 6.23 Å². The molecule has 1 aliphatic rings. The average molecular weight is 409 g/mol. The van der Waals surface area contributed by atoms with E-state index in [0.29, 0.717) is 27.2 Å². The summed E-state index contributed by atoms with van der Waals surface area (Å²) >= 11 is 18.2. The first kappa shape index (κ1) is 20.1. The molecule has 0 spiro atoms. The standard InChI is InChI=1S/C17H20Cl3NO4/c1-3-24-17(23)25-16-10(2)5-4-6-21(16)15(22)9-12-13(19)7-11(18)8-14(12)20/h7-8,10,16H,3-6,9H2,1-2H3. The van der Waals surface area contributed by atoms with E-state index < -0.39 is 12.4 Å². The summed E-state index contributed by atoms with van der Waals surface area (Å²) in [5, 5.41) is 1.07. The first-order valence-corrected chi connectivity index (χ1v) is 9.23. The number of carbonyl (C=O) groups excluding carboxylic acids is 2. The molecule has 1 amide bonds. The second-order valence-corrected chi connectivity index (χ2v) is 7.17. The Morgan fingerprint density at radius 3 is 2.48 bits per heavy atom. The van der Waals surface area contributed by atoms with Gasteiger partial charge in [0, 0.05) is 27.5 Å². The summed E-state index contributed by atoms with van der Waals surface area (Å²) in [7, 11) is 0. The minimum absolute atomic E-state index is 0.00421. The number of rotatable bonds is 4. The molecule has 2 atom stereocenters. The molecule has 0 radical (unpaired) electrons. The monoisotopic (exact) mass is 407 g/mol. The van der Waals surface area contributed by atoms with Crippen LogP contribution >= 0.6 is 34.8 Å². The van der Waals surface area contributed by atoms with Gasteiger partial charge in [0.1, 0.15) is 0 Å². The van der Waals surface area contributed by atoms with Crippen LogP contribution < -0.4 is 0 Å². The molecule has 1 saturated heterocycles. The van der Waals surface area contributed by atoms with Crippen LogP contribution in [0.4, 0.5) is 4.79 Å². The van der Waals surface area contributed by atoms with Crippen LogP contribution in [0.5, 0.6) is 0 Å². The molecule has 138 valence electrons. The van der Waals surface area contributed by atoms with Crippen LogP contribution in [0.2, 0.25) is 15.1 Å². The summed E-state index contributed by atoms with van der Waals surface area (Å²) in [5.41, 5.74) is 0.505. The number of nitrogens with zero attached hydrogens (tertiary/aromatic N) is 1. The van der Waals surface area contributed by atoms with Gasteiger partial charge in [-0.25, -0.2) is 4.79 Å².